The van der Waals surface area contributed by atoms with E-state index >= 15 is 0 Å². The number of carbonyl (C=O) groups is 1. The lowest BCUT2D eigenvalue weighted by Gasteiger charge is -2.28. The van der Waals surface area contributed by atoms with Crippen LogP contribution in [0.3, 0.4) is 0 Å². The zero-order valence-electron chi connectivity index (χ0n) is 10.3. The van der Waals surface area contributed by atoms with E-state index in [2.05, 4.69) is 11.4 Å². The fraction of sp³-hybridized carbons (Fsp3) is 0.500. The Balaban J connectivity index is 1.76. The van der Waals surface area contributed by atoms with Gasteiger partial charge in [0.1, 0.15) is 0 Å². The molecule has 1 amide bonds. The number of rotatable bonds is 5. The van der Waals surface area contributed by atoms with Gasteiger partial charge in [-0.3, -0.25) is 4.79 Å². The highest BCUT2D eigenvalue weighted by atomic mass is 16.1. The van der Waals surface area contributed by atoms with Crippen molar-refractivity contribution in [2.45, 2.75) is 38.1 Å². The third-order valence-corrected chi connectivity index (χ3v) is 3.31. The molecule has 17 heavy (non-hydrogen) atoms. The summed E-state index contributed by atoms with van der Waals surface area (Å²) >= 11 is 0. The lowest BCUT2D eigenvalue weighted by molar-refractivity contribution is -0.123. The van der Waals surface area contributed by atoms with E-state index in [1.165, 1.54) is 11.1 Å². The van der Waals surface area contributed by atoms with Gasteiger partial charge in [-0.25, -0.2) is 0 Å². The fourth-order valence-electron chi connectivity index (χ4n) is 2.25. The number of hydrogen-bond acceptors (Lipinski definition) is 2. The number of hydrogen-bond donors (Lipinski definition) is 2. The Morgan fingerprint density at radius 3 is 3.00 bits per heavy atom. The first-order valence-electron chi connectivity index (χ1n) is 6.29. The van der Waals surface area contributed by atoms with Crippen molar-refractivity contribution in [3.05, 3.63) is 35.4 Å². The summed E-state index contributed by atoms with van der Waals surface area (Å²) < 4.78 is 0. The molecule has 0 heterocycles. The van der Waals surface area contributed by atoms with Gasteiger partial charge in [0.15, 0.2) is 0 Å². The van der Waals surface area contributed by atoms with Crippen LogP contribution >= 0.6 is 0 Å². The molecule has 0 saturated heterocycles. The Labute approximate surface area is 102 Å². The molecule has 0 aromatic heterocycles. The van der Waals surface area contributed by atoms with Gasteiger partial charge in [0, 0.05) is 12.6 Å². The van der Waals surface area contributed by atoms with Crippen LogP contribution in [0.1, 0.15) is 36.8 Å². The molecule has 0 fully saturated rings. The molecule has 2 atom stereocenters. The average Bonchev–Trinajstić information content (AvgIpc) is 2.26. The summed E-state index contributed by atoms with van der Waals surface area (Å²) in [6.45, 7) is 2.73. The largest absolute Gasteiger partial charge is 0.356 e. The van der Waals surface area contributed by atoms with E-state index in [1.807, 2.05) is 25.1 Å². The average molecular weight is 232 g/mol. The molecule has 92 valence electrons. The smallest absolute Gasteiger partial charge is 0.227 e. The van der Waals surface area contributed by atoms with Gasteiger partial charge in [-0.1, -0.05) is 24.3 Å². The Morgan fingerprint density at radius 2 is 2.29 bits per heavy atom. The number of amides is 1. The van der Waals surface area contributed by atoms with Gasteiger partial charge in [-0.05, 0) is 37.3 Å². The third-order valence-electron chi connectivity index (χ3n) is 3.31. The zero-order chi connectivity index (χ0) is 12.3. The number of carbonyl (C=O) groups excluding carboxylic acids is 1. The lowest BCUT2D eigenvalue weighted by Crippen LogP contribution is -2.36. The molecular weight excluding hydrogens is 212 g/mol. The molecule has 3 heteroatoms. The Kier molecular flexibility index (Phi) is 3.79. The van der Waals surface area contributed by atoms with E-state index in [4.69, 9.17) is 5.73 Å². The van der Waals surface area contributed by atoms with E-state index in [-0.39, 0.29) is 17.9 Å². The molecule has 3 N–H and O–H groups in total. The highest BCUT2D eigenvalue weighted by Crippen LogP contribution is 2.34. The van der Waals surface area contributed by atoms with Gasteiger partial charge in [0.05, 0.1) is 5.92 Å². The van der Waals surface area contributed by atoms with E-state index in [9.17, 15) is 4.79 Å². The highest BCUT2D eigenvalue weighted by Gasteiger charge is 2.31. The fourth-order valence-corrected chi connectivity index (χ4v) is 2.25. The van der Waals surface area contributed by atoms with Crippen LogP contribution < -0.4 is 11.1 Å². The van der Waals surface area contributed by atoms with Gasteiger partial charge in [-0.15, -0.1) is 0 Å². The summed E-state index contributed by atoms with van der Waals surface area (Å²) in [4.78, 5) is 11.9. The second kappa shape index (κ2) is 5.32. The second-order valence-electron chi connectivity index (χ2n) is 4.87. The maximum absolute atomic E-state index is 11.9. The van der Waals surface area contributed by atoms with Crippen LogP contribution in [0.15, 0.2) is 24.3 Å². The van der Waals surface area contributed by atoms with Crippen LogP contribution in [0.5, 0.6) is 0 Å². The monoisotopic (exact) mass is 232 g/mol. The maximum Gasteiger partial charge on any atom is 0.227 e. The molecule has 3 nitrogen and oxygen atoms in total. The van der Waals surface area contributed by atoms with Crippen LogP contribution in [-0.2, 0) is 11.2 Å². The molecule has 1 aromatic rings. The molecule has 2 unspecified atom stereocenters. The van der Waals surface area contributed by atoms with Crippen molar-refractivity contribution in [1.82, 2.24) is 5.32 Å². The Hall–Kier alpha value is -1.35. The minimum Gasteiger partial charge on any atom is -0.356 e. The topological polar surface area (TPSA) is 55.1 Å². The minimum absolute atomic E-state index is 0.0708. The van der Waals surface area contributed by atoms with Gasteiger partial charge in [0.25, 0.3) is 0 Å². The highest BCUT2D eigenvalue weighted by molar-refractivity contribution is 5.86. The normalized spacial score (nSPS) is 19.1. The van der Waals surface area contributed by atoms with Gasteiger partial charge in [-0.2, -0.15) is 0 Å². The van der Waals surface area contributed by atoms with Crippen molar-refractivity contribution < 1.29 is 4.79 Å². The van der Waals surface area contributed by atoms with Crippen LogP contribution in [0.2, 0.25) is 0 Å². The number of nitrogens with two attached hydrogens (primary N) is 1. The summed E-state index contributed by atoms with van der Waals surface area (Å²) in [7, 11) is 0. The molecule has 0 saturated carbocycles. The predicted molar refractivity (Wildman–Crippen MR) is 68.8 cm³/mol. The molecule has 0 radical (unpaired) electrons. The van der Waals surface area contributed by atoms with E-state index in [1.54, 1.807) is 0 Å². The Bertz CT molecular complexity index is 401. The second-order valence-corrected chi connectivity index (χ2v) is 4.87. The summed E-state index contributed by atoms with van der Waals surface area (Å²) in [6.07, 6.45) is 2.80. The van der Waals surface area contributed by atoms with Crippen molar-refractivity contribution in [2.75, 3.05) is 6.54 Å². The molecule has 1 aliphatic rings. The molecule has 0 spiro atoms. The quantitative estimate of drug-likeness (QED) is 0.757. The summed E-state index contributed by atoms with van der Waals surface area (Å²) in [5.41, 5.74) is 8.16. The summed E-state index contributed by atoms with van der Waals surface area (Å²) in [5.74, 6) is 0.231. The molecule has 1 aliphatic carbocycles. The maximum atomic E-state index is 11.9. The zero-order valence-corrected chi connectivity index (χ0v) is 10.3. The van der Waals surface area contributed by atoms with E-state index in [0.717, 1.165) is 25.8 Å². The first kappa shape index (κ1) is 12.1. The minimum atomic E-state index is 0.0708. The Morgan fingerprint density at radius 1 is 1.53 bits per heavy atom. The van der Waals surface area contributed by atoms with Gasteiger partial charge in [0.2, 0.25) is 5.91 Å². The van der Waals surface area contributed by atoms with Crippen LogP contribution in [0, 0.1) is 0 Å². The van der Waals surface area contributed by atoms with E-state index in [0.29, 0.717) is 0 Å². The van der Waals surface area contributed by atoms with Crippen molar-refractivity contribution >= 4 is 5.91 Å². The van der Waals surface area contributed by atoms with E-state index < -0.39 is 0 Å². The standard InChI is InChI=1S/C14H20N2O/c1-10(15)5-4-8-16-14(17)13-9-11-6-2-3-7-12(11)13/h2-3,6-7,10,13H,4-5,8-9,15H2,1H3,(H,16,17). The predicted octanol–water partition coefficient (Wildman–Crippen LogP) is 1.57. The van der Waals surface area contributed by atoms with Crippen molar-refractivity contribution in [2.24, 2.45) is 5.73 Å². The summed E-state index contributed by atoms with van der Waals surface area (Å²) in [6, 6.07) is 8.38. The van der Waals surface area contributed by atoms with Crippen molar-refractivity contribution in [3.8, 4) is 0 Å². The SMILES string of the molecule is CC(N)CCCNC(=O)C1Cc2ccccc21. The number of benzene rings is 1. The molecule has 0 aliphatic heterocycles. The van der Waals surface area contributed by atoms with Crippen LogP contribution in [0.25, 0.3) is 0 Å². The molecule has 1 aromatic carbocycles. The molecular formula is C14H20N2O. The number of nitrogens with one attached hydrogen (secondary N) is 1. The first-order chi connectivity index (χ1) is 8.18. The van der Waals surface area contributed by atoms with Crippen LogP contribution in [-0.4, -0.2) is 18.5 Å². The third kappa shape index (κ3) is 2.86. The van der Waals surface area contributed by atoms with Crippen LogP contribution in [0.4, 0.5) is 0 Å². The lowest BCUT2D eigenvalue weighted by atomic mass is 9.77. The van der Waals surface area contributed by atoms with Crippen molar-refractivity contribution in [3.63, 3.8) is 0 Å². The summed E-state index contributed by atoms with van der Waals surface area (Å²) in [5, 5.41) is 2.99. The molecule has 0 bridgehead atoms. The number of fused-ring (bicyclic) bond motifs is 1. The van der Waals surface area contributed by atoms with Gasteiger partial charge < -0.3 is 11.1 Å². The first-order valence-corrected chi connectivity index (χ1v) is 6.29. The van der Waals surface area contributed by atoms with Gasteiger partial charge >= 0.3 is 0 Å². The van der Waals surface area contributed by atoms with Crippen molar-refractivity contribution in [1.29, 1.82) is 0 Å². The molecule has 2 rings (SSSR count).